The van der Waals surface area contributed by atoms with Gasteiger partial charge in [0.1, 0.15) is 5.82 Å². The number of aryl methyl sites for hydroxylation is 1. The highest BCUT2D eigenvalue weighted by Crippen LogP contribution is 2.25. The van der Waals surface area contributed by atoms with Crippen LogP contribution in [0.3, 0.4) is 0 Å². The summed E-state index contributed by atoms with van der Waals surface area (Å²) in [4.78, 5) is 10.7. The summed E-state index contributed by atoms with van der Waals surface area (Å²) in [7, 11) is 0. The van der Waals surface area contributed by atoms with E-state index >= 15 is 0 Å². The van der Waals surface area contributed by atoms with Crippen LogP contribution in [0.25, 0.3) is 0 Å². The van der Waals surface area contributed by atoms with Crippen LogP contribution in [0.15, 0.2) is 12.1 Å². The summed E-state index contributed by atoms with van der Waals surface area (Å²) in [5.41, 5.74) is 0.489. The molecule has 0 aliphatic heterocycles. The third kappa shape index (κ3) is 2.04. The van der Waals surface area contributed by atoms with Gasteiger partial charge < -0.3 is 5.11 Å². The zero-order valence-corrected chi connectivity index (χ0v) is 8.60. The fourth-order valence-electron chi connectivity index (χ4n) is 1.20. The first-order chi connectivity index (χ1) is 6.43. The van der Waals surface area contributed by atoms with Gasteiger partial charge in [-0.05, 0) is 31.5 Å². The van der Waals surface area contributed by atoms with Crippen molar-refractivity contribution < 1.29 is 14.3 Å². The highest BCUT2D eigenvalue weighted by molar-refractivity contribution is 6.30. The van der Waals surface area contributed by atoms with Crippen molar-refractivity contribution in [1.29, 1.82) is 0 Å². The maximum absolute atomic E-state index is 13.5. The minimum atomic E-state index is -1.06. The molecule has 1 atom stereocenters. The Bertz CT molecular complexity index is 377. The predicted molar refractivity (Wildman–Crippen MR) is 52.2 cm³/mol. The van der Waals surface area contributed by atoms with Crippen molar-refractivity contribution in [3.63, 3.8) is 0 Å². The molecule has 0 spiro atoms. The minimum absolute atomic E-state index is 0.127. The summed E-state index contributed by atoms with van der Waals surface area (Å²) in [5.74, 6) is -2.44. The number of carboxylic acids is 1. The van der Waals surface area contributed by atoms with Crippen LogP contribution >= 0.6 is 11.6 Å². The first-order valence-electron chi connectivity index (χ1n) is 4.12. The third-order valence-electron chi connectivity index (χ3n) is 2.08. The zero-order chi connectivity index (χ0) is 10.9. The van der Waals surface area contributed by atoms with Crippen LogP contribution in [0.2, 0.25) is 5.02 Å². The van der Waals surface area contributed by atoms with E-state index in [1.54, 1.807) is 6.92 Å². The van der Waals surface area contributed by atoms with Crippen LogP contribution in [-0.4, -0.2) is 11.1 Å². The van der Waals surface area contributed by atoms with Crippen molar-refractivity contribution in [2.45, 2.75) is 19.8 Å². The van der Waals surface area contributed by atoms with Crippen molar-refractivity contribution in [3.8, 4) is 0 Å². The van der Waals surface area contributed by atoms with Crippen molar-refractivity contribution in [2.24, 2.45) is 0 Å². The van der Waals surface area contributed by atoms with Gasteiger partial charge in [-0.25, -0.2) is 4.39 Å². The molecule has 0 aliphatic rings. The van der Waals surface area contributed by atoms with Gasteiger partial charge in [0.05, 0.1) is 5.92 Å². The molecule has 0 amide bonds. The zero-order valence-electron chi connectivity index (χ0n) is 7.84. The lowest BCUT2D eigenvalue weighted by atomic mass is 9.99. The summed E-state index contributed by atoms with van der Waals surface area (Å²) in [5, 5.41) is 9.09. The number of carbonyl (C=O) groups is 1. The van der Waals surface area contributed by atoms with E-state index in [-0.39, 0.29) is 5.56 Å². The van der Waals surface area contributed by atoms with Crippen molar-refractivity contribution in [1.82, 2.24) is 0 Å². The first kappa shape index (κ1) is 11.0. The summed E-state index contributed by atoms with van der Waals surface area (Å²) in [6.07, 6.45) is 0. The fourth-order valence-corrected chi connectivity index (χ4v) is 1.48. The molecule has 76 valence electrons. The molecule has 0 aliphatic carbocycles. The maximum Gasteiger partial charge on any atom is 0.310 e. The Balaban J connectivity index is 3.26. The largest absolute Gasteiger partial charge is 0.481 e. The Morgan fingerprint density at radius 3 is 2.64 bits per heavy atom. The van der Waals surface area contributed by atoms with Crippen LogP contribution in [0.5, 0.6) is 0 Å². The number of aliphatic carboxylic acids is 1. The van der Waals surface area contributed by atoms with E-state index in [4.69, 9.17) is 16.7 Å². The van der Waals surface area contributed by atoms with E-state index in [0.29, 0.717) is 10.6 Å². The van der Waals surface area contributed by atoms with Gasteiger partial charge in [0.25, 0.3) is 0 Å². The molecule has 4 heteroatoms. The monoisotopic (exact) mass is 216 g/mol. The molecule has 1 aromatic carbocycles. The smallest absolute Gasteiger partial charge is 0.310 e. The molecule has 0 radical (unpaired) electrons. The Morgan fingerprint density at radius 2 is 2.14 bits per heavy atom. The first-order valence-corrected chi connectivity index (χ1v) is 4.49. The molecule has 2 nitrogen and oxygen atoms in total. The number of rotatable bonds is 2. The van der Waals surface area contributed by atoms with Gasteiger partial charge in [-0.15, -0.1) is 0 Å². The number of hydrogen-bond donors (Lipinski definition) is 1. The van der Waals surface area contributed by atoms with E-state index in [9.17, 15) is 9.18 Å². The molecule has 1 unspecified atom stereocenters. The van der Waals surface area contributed by atoms with Crippen LogP contribution in [0.4, 0.5) is 4.39 Å². The van der Waals surface area contributed by atoms with E-state index in [0.717, 1.165) is 0 Å². The van der Waals surface area contributed by atoms with Crippen molar-refractivity contribution in [3.05, 3.63) is 34.1 Å². The molecule has 1 aromatic rings. The van der Waals surface area contributed by atoms with Gasteiger partial charge in [0.2, 0.25) is 0 Å². The molecule has 0 heterocycles. The molecule has 0 aromatic heterocycles. The molecule has 0 fully saturated rings. The molecule has 0 saturated carbocycles. The number of hydrogen-bond acceptors (Lipinski definition) is 1. The average molecular weight is 217 g/mol. The van der Waals surface area contributed by atoms with Gasteiger partial charge in [-0.2, -0.15) is 0 Å². The molecule has 0 bridgehead atoms. The summed E-state index contributed by atoms with van der Waals surface area (Å²) in [6.45, 7) is 2.98. The van der Waals surface area contributed by atoms with E-state index < -0.39 is 17.7 Å². The molecule has 1 rings (SSSR count). The van der Waals surface area contributed by atoms with E-state index in [2.05, 4.69) is 0 Å². The second-order valence-corrected chi connectivity index (χ2v) is 3.62. The van der Waals surface area contributed by atoms with Gasteiger partial charge in [-0.3, -0.25) is 4.79 Å². The topological polar surface area (TPSA) is 37.3 Å². The fraction of sp³-hybridized carbons (Fsp3) is 0.300. The highest BCUT2D eigenvalue weighted by Gasteiger charge is 2.19. The number of carboxylic acid groups (broad SMARTS) is 1. The number of benzene rings is 1. The Morgan fingerprint density at radius 1 is 1.57 bits per heavy atom. The molecule has 0 saturated heterocycles. The second-order valence-electron chi connectivity index (χ2n) is 3.19. The lowest BCUT2D eigenvalue weighted by molar-refractivity contribution is -0.138. The standard InChI is InChI=1S/C10H10ClFO2/c1-5-3-7(11)4-8(9(5)12)6(2)10(13)14/h3-4,6H,1-2H3,(H,13,14). The maximum atomic E-state index is 13.5. The number of halogens is 2. The van der Waals surface area contributed by atoms with Gasteiger partial charge >= 0.3 is 5.97 Å². The predicted octanol–water partition coefficient (Wildman–Crippen LogP) is 2.98. The Kier molecular flexibility index (Phi) is 3.11. The van der Waals surface area contributed by atoms with Crippen LogP contribution < -0.4 is 0 Å². The van der Waals surface area contributed by atoms with Crippen molar-refractivity contribution >= 4 is 17.6 Å². The third-order valence-corrected chi connectivity index (χ3v) is 2.30. The van der Waals surface area contributed by atoms with Gasteiger partial charge in [-0.1, -0.05) is 11.6 Å². The molecule has 1 N–H and O–H groups in total. The molecular weight excluding hydrogens is 207 g/mol. The van der Waals surface area contributed by atoms with Gasteiger partial charge in [0, 0.05) is 10.6 Å². The lowest BCUT2D eigenvalue weighted by Gasteiger charge is -2.10. The highest BCUT2D eigenvalue weighted by atomic mass is 35.5. The quantitative estimate of drug-likeness (QED) is 0.825. The van der Waals surface area contributed by atoms with Gasteiger partial charge in [0.15, 0.2) is 0 Å². The van der Waals surface area contributed by atoms with Crippen LogP contribution in [-0.2, 0) is 4.79 Å². The summed E-state index contributed by atoms with van der Waals surface area (Å²) < 4.78 is 13.5. The second kappa shape index (κ2) is 3.96. The molecular formula is C10H10ClFO2. The van der Waals surface area contributed by atoms with Crippen LogP contribution in [0.1, 0.15) is 24.0 Å². The van der Waals surface area contributed by atoms with E-state index in [1.165, 1.54) is 19.1 Å². The summed E-state index contributed by atoms with van der Waals surface area (Å²) >= 11 is 5.71. The minimum Gasteiger partial charge on any atom is -0.481 e. The van der Waals surface area contributed by atoms with Crippen LogP contribution in [0, 0.1) is 12.7 Å². The SMILES string of the molecule is Cc1cc(Cl)cc(C(C)C(=O)O)c1F. The molecule has 14 heavy (non-hydrogen) atoms. The Hall–Kier alpha value is -1.09. The van der Waals surface area contributed by atoms with E-state index in [1.807, 2.05) is 0 Å². The van der Waals surface area contributed by atoms with Crippen molar-refractivity contribution in [2.75, 3.05) is 0 Å². The lowest BCUT2D eigenvalue weighted by Crippen LogP contribution is -2.10. The Labute approximate surface area is 86.3 Å². The normalized spacial score (nSPS) is 12.6. The summed E-state index contributed by atoms with van der Waals surface area (Å²) in [6, 6.07) is 2.82. The average Bonchev–Trinajstić information content (AvgIpc) is 2.09.